The molecule has 1 spiro atoms. The number of halogens is 4. The first-order chi connectivity index (χ1) is 14.7. The molecule has 0 atom stereocenters. The predicted molar refractivity (Wildman–Crippen MR) is 110 cm³/mol. The van der Waals surface area contributed by atoms with E-state index in [0.717, 1.165) is 6.07 Å². The highest BCUT2D eigenvalue weighted by Crippen LogP contribution is 2.35. The maximum Gasteiger partial charge on any atom is 0.418 e. The molecule has 0 unspecified atom stereocenters. The number of anilines is 1. The minimum Gasteiger partial charge on any atom is -0.326 e. The van der Waals surface area contributed by atoms with Crippen molar-refractivity contribution >= 4 is 34.9 Å². The van der Waals surface area contributed by atoms with E-state index in [1.54, 1.807) is 24.3 Å². The fourth-order valence-electron chi connectivity index (χ4n) is 3.74. The van der Waals surface area contributed by atoms with Gasteiger partial charge >= 0.3 is 12.2 Å². The average Bonchev–Trinajstić information content (AvgIpc) is 3.04. The molecule has 2 heterocycles. The number of carbonyl (C=O) groups is 2. The maximum atomic E-state index is 13.2. The first kappa shape index (κ1) is 21.2. The van der Waals surface area contributed by atoms with Crippen molar-refractivity contribution in [2.45, 2.75) is 24.7 Å². The number of para-hydroxylation sites is 1. The molecule has 10 heteroatoms. The molecule has 2 N–H and O–H groups in total. The van der Waals surface area contributed by atoms with E-state index in [1.807, 2.05) is 0 Å². The Morgan fingerprint density at radius 2 is 1.84 bits per heavy atom. The number of aliphatic imine (C=N–C) groups is 1. The Bertz CT molecular complexity index is 1060. The number of amides is 3. The second-order valence-electron chi connectivity index (χ2n) is 7.42. The van der Waals surface area contributed by atoms with Gasteiger partial charge in [0.15, 0.2) is 0 Å². The van der Waals surface area contributed by atoms with Crippen LogP contribution in [0.5, 0.6) is 0 Å². The van der Waals surface area contributed by atoms with E-state index in [0.29, 0.717) is 23.4 Å². The number of benzene rings is 2. The van der Waals surface area contributed by atoms with Crippen LogP contribution in [0.2, 0.25) is 5.02 Å². The summed E-state index contributed by atoms with van der Waals surface area (Å²) in [4.78, 5) is 31.0. The molecular weight excluding hydrogens is 433 g/mol. The van der Waals surface area contributed by atoms with Crippen LogP contribution < -0.4 is 10.6 Å². The lowest BCUT2D eigenvalue weighted by atomic mass is 9.98. The SMILES string of the molecule is O=C1NC2(CCN(C(=O)Nc3ccccc3C(F)(F)F)CC2)N=C1c1cccc(Cl)c1. The summed E-state index contributed by atoms with van der Waals surface area (Å²) in [7, 11) is 0. The van der Waals surface area contributed by atoms with Gasteiger partial charge in [-0.25, -0.2) is 4.79 Å². The van der Waals surface area contributed by atoms with Gasteiger partial charge in [0.2, 0.25) is 0 Å². The van der Waals surface area contributed by atoms with Crippen LogP contribution in [0.15, 0.2) is 53.5 Å². The lowest BCUT2D eigenvalue weighted by molar-refractivity contribution is -0.136. The van der Waals surface area contributed by atoms with Crippen LogP contribution in [-0.2, 0) is 11.0 Å². The lowest BCUT2D eigenvalue weighted by Crippen LogP contribution is -2.53. The minimum absolute atomic E-state index is 0.229. The van der Waals surface area contributed by atoms with Gasteiger partial charge in [0.1, 0.15) is 11.4 Å². The Labute approximate surface area is 181 Å². The van der Waals surface area contributed by atoms with Gasteiger partial charge in [-0.1, -0.05) is 35.9 Å². The van der Waals surface area contributed by atoms with E-state index in [4.69, 9.17) is 11.6 Å². The molecule has 162 valence electrons. The zero-order valence-electron chi connectivity index (χ0n) is 16.2. The molecule has 2 aromatic rings. The van der Waals surface area contributed by atoms with Gasteiger partial charge in [-0.05, 0) is 24.3 Å². The summed E-state index contributed by atoms with van der Waals surface area (Å²) in [5.74, 6) is -0.320. The van der Waals surface area contributed by atoms with Crippen LogP contribution in [0, 0.1) is 0 Å². The van der Waals surface area contributed by atoms with Crippen molar-refractivity contribution in [1.29, 1.82) is 0 Å². The largest absolute Gasteiger partial charge is 0.418 e. The van der Waals surface area contributed by atoms with Gasteiger partial charge in [-0.15, -0.1) is 0 Å². The molecule has 0 aliphatic carbocycles. The molecular formula is C21H18ClF3N4O2. The summed E-state index contributed by atoms with van der Waals surface area (Å²) in [6, 6.07) is 11.0. The molecule has 1 saturated heterocycles. The van der Waals surface area contributed by atoms with Gasteiger partial charge in [0.25, 0.3) is 5.91 Å². The van der Waals surface area contributed by atoms with Crippen LogP contribution >= 0.6 is 11.6 Å². The molecule has 1 fully saturated rings. The first-order valence-corrected chi connectivity index (χ1v) is 9.95. The molecule has 4 rings (SSSR count). The van der Waals surface area contributed by atoms with Crippen molar-refractivity contribution in [2.75, 3.05) is 18.4 Å². The third-order valence-corrected chi connectivity index (χ3v) is 5.57. The fourth-order valence-corrected chi connectivity index (χ4v) is 3.94. The number of hydrogen-bond donors (Lipinski definition) is 2. The number of hydrogen-bond acceptors (Lipinski definition) is 3. The standard InChI is InChI=1S/C21H18ClF3N4O2/c22-14-5-3-4-13(12-14)17-18(30)28-20(27-17)8-10-29(11-9-20)19(31)26-16-7-2-1-6-15(16)21(23,24)25/h1-7,12H,8-11H2,(H,26,31)(H,28,30). The molecule has 0 aromatic heterocycles. The summed E-state index contributed by atoms with van der Waals surface area (Å²) in [5, 5.41) is 5.71. The van der Waals surface area contributed by atoms with E-state index in [-0.39, 0.29) is 30.4 Å². The minimum atomic E-state index is -4.57. The number of rotatable bonds is 2. The molecule has 31 heavy (non-hydrogen) atoms. The number of piperidine rings is 1. The summed E-state index contributed by atoms with van der Waals surface area (Å²) < 4.78 is 39.5. The van der Waals surface area contributed by atoms with Gasteiger partial charge in [0, 0.05) is 36.5 Å². The Morgan fingerprint density at radius 3 is 2.52 bits per heavy atom. The number of nitrogens with one attached hydrogen (secondary N) is 2. The monoisotopic (exact) mass is 450 g/mol. The fraction of sp³-hybridized carbons (Fsp3) is 0.286. The molecule has 2 aromatic carbocycles. The van der Waals surface area contributed by atoms with Gasteiger partial charge < -0.3 is 15.5 Å². The molecule has 0 saturated carbocycles. The summed E-state index contributed by atoms with van der Waals surface area (Å²) in [6.07, 6.45) is -3.89. The maximum absolute atomic E-state index is 13.2. The Kier molecular flexibility index (Phi) is 5.38. The predicted octanol–water partition coefficient (Wildman–Crippen LogP) is 4.30. The number of likely N-dealkylation sites (tertiary alicyclic amines) is 1. The van der Waals surface area contributed by atoms with Crippen LogP contribution in [0.1, 0.15) is 24.0 Å². The highest BCUT2D eigenvalue weighted by Gasteiger charge is 2.43. The van der Waals surface area contributed by atoms with E-state index in [9.17, 15) is 22.8 Å². The number of nitrogens with zero attached hydrogens (tertiary/aromatic N) is 2. The molecule has 0 bridgehead atoms. The number of carbonyl (C=O) groups excluding carboxylic acids is 2. The third-order valence-electron chi connectivity index (χ3n) is 5.34. The number of urea groups is 1. The van der Waals surface area contributed by atoms with Crippen LogP contribution in [0.25, 0.3) is 0 Å². The third kappa shape index (κ3) is 4.36. The van der Waals surface area contributed by atoms with Crippen molar-refractivity contribution in [3.05, 3.63) is 64.7 Å². The summed E-state index contributed by atoms with van der Waals surface area (Å²) in [6.45, 7) is 0.458. The first-order valence-electron chi connectivity index (χ1n) is 9.57. The van der Waals surface area contributed by atoms with E-state index in [2.05, 4.69) is 15.6 Å². The topological polar surface area (TPSA) is 73.8 Å². The zero-order chi connectivity index (χ0) is 22.2. The summed E-state index contributed by atoms with van der Waals surface area (Å²) >= 11 is 6.00. The van der Waals surface area contributed by atoms with E-state index < -0.39 is 23.4 Å². The van der Waals surface area contributed by atoms with Gasteiger partial charge in [-0.2, -0.15) is 13.2 Å². The molecule has 0 radical (unpaired) electrons. The number of alkyl halides is 3. The van der Waals surface area contributed by atoms with Crippen LogP contribution in [0.3, 0.4) is 0 Å². The van der Waals surface area contributed by atoms with Crippen LogP contribution in [-0.4, -0.2) is 41.3 Å². The average molecular weight is 451 g/mol. The molecule has 6 nitrogen and oxygen atoms in total. The van der Waals surface area contributed by atoms with Gasteiger partial charge in [0.05, 0.1) is 11.3 Å². The smallest absolute Gasteiger partial charge is 0.326 e. The van der Waals surface area contributed by atoms with Crippen molar-refractivity contribution in [2.24, 2.45) is 4.99 Å². The highest BCUT2D eigenvalue weighted by molar-refractivity contribution is 6.47. The van der Waals surface area contributed by atoms with E-state index in [1.165, 1.54) is 23.1 Å². The highest BCUT2D eigenvalue weighted by atomic mass is 35.5. The van der Waals surface area contributed by atoms with Crippen molar-refractivity contribution in [3.8, 4) is 0 Å². The normalized spacial score (nSPS) is 18.0. The quantitative estimate of drug-likeness (QED) is 0.716. The van der Waals surface area contributed by atoms with Crippen molar-refractivity contribution < 1.29 is 22.8 Å². The van der Waals surface area contributed by atoms with Crippen molar-refractivity contribution in [1.82, 2.24) is 10.2 Å². The summed E-state index contributed by atoms with van der Waals surface area (Å²) in [5.41, 5.74) is -1.16. The second-order valence-corrected chi connectivity index (χ2v) is 7.85. The lowest BCUT2D eigenvalue weighted by Gasteiger charge is -2.37. The Morgan fingerprint density at radius 1 is 1.13 bits per heavy atom. The van der Waals surface area contributed by atoms with Crippen LogP contribution in [0.4, 0.5) is 23.7 Å². The Balaban J connectivity index is 1.45. The zero-order valence-corrected chi connectivity index (χ0v) is 16.9. The Hall–Kier alpha value is -3.07. The van der Waals surface area contributed by atoms with E-state index >= 15 is 0 Å². The van der Waals surface area contributed by atoms with Crippen molar-refractivity contribution in [3.63, 3.8) is 0 Å². The molecule has 3 amide bonds. The molecule has 2 aliphatic heterocycles. The molecule has 2 aliphatic rings. The second kappa shape index (κ2) is 7.88. The van der Waals surface area contributed by atoms with Gasteiger partial charge in [-0.3, -0.25) is 9.79 Å².